The molecule has 0 aromatic carbocycles. The second kappa shape index (κ2) is 4.80. The van der Waals surface area contributed by atoms with E-state index in [2.05, 4.69) is 4.90 Å². The van der Waals surface area contributed by atoms with Crippen LogP contribution in [0.2, 0.25) is 0 Å². The summed E-state index contributed by atoms with van der Waals surface area (Å²) in [6.45, 7) is 5.86. The Kier molecular flexibility index (Phi) is 3.98. The van der Waals surface area contributed by atoms with Crippen molar-refractivity contribution in [1.29, 1.82) is 0 Å². The molecule has 1 atom stereocenters. The number of aliphatic hydroxyl groups is 1. The Morgan fingerprint density at radius 2 is 2.08 bits per heavy atom. The van der Waals surface area contributed by atoms with Gasteiger partial charge in [-0.15, -0.1) is 0 Å². The number of nitrogens with two attached hydrogens (primary N) is 1. The molecule has 0 bridgehead atoms. The highest BCUT2D eigenvalue weighted by molar-refractivity contribution is 4.75. The van der Waals surface area contributed by atoms with Gasteiger partial charge in [-0.1, -0.05) is 0 Å². The van der Waals surface area contributed by atoms with E-state index in [1.165, 1.54) is 0 Å². The highest BCUT2D eigenvalue weighted by atomic mass is 16.3. The van der Waals surface area contributed by atoms with Gasteiger partial charge in [0.1, 0.15) is 0 Å². The Morgan fingerprint density at radius 3 is 2.50 bits per heavy atom. The smallest absolute Gasteiger partial charge is 0.0541 e. The minimum atomic E-state index is -0.134. The van der Waals surface area contributed by atoms with Crippen molar-refractivity contribution in [3.8, 4) is 0 Å². The van der Waals surface area contributed by atoms with Gasteiger partial charge in [0.15, 0.2) is 0 Å². The molecule has 3 N–H and O–H groups in total. The van der Waals surface area contributed by atoms with E-state index in [9.17, 15) is 5.11 Å². The molecule has 3 nitrogen and oxygen atoms in total. The molecule has 1 saturated heterocycles. The summed E-state index contributed by atoms with van der Waals surface area (Å²) < 4.78 is 0. The van der Waals surface area contributed by atoms with E-state index in [-0.39, 0.29) is 6.10 Å². The molecular formula is C9H20N2O. The minimum absolute atomic E-state index is 0.134. The van der Waals surface area contributed by atoms with Crippen LogP contribution in [0, 0.1) is 5.92 Å². The molecule has 12 heavy (non-hydrogen) atoms. The van der Waals surface area contributed by atoms with Crippen LogP contribution in [0.5, 0.6) is 0 Å². The summed E-state index contributed by atoms with van der Waals surface area (Å²) in [7, 11) is 0. The summed E-state index contributed by atoms with van der Waals surface area (Å²) in [5.74, 6) is 0.513. The van der Waals surface area contributed by atoms with Crippen molar-refractivity contribution in [2.75, 3.05) is 26.2 Å². The molecule has 0 aliphatic carbocycles. The summed E-state index contributed by atoms with van der Waals surface area (Å²) in [6.07, 6.45) is 2.11. The van der Waals surface area contributed by atoms with E-state index in [1.807, 2.05) is 6.92 Å². The lowest BCUT2D eigenvalue weighted by molar-refractivity contribution is 0.0729. The average Bonchev–Trinajstić information content (AvgIpc) is 2.06. The average molecular weight is 172 g/mol. The first kappa shape index (κ1) is 9.96. The molecule has 0 spiro atoms. The third-order valence-electron chi connectivity index (χ3n) is 2.76. The minimum Gasteiger partial charge on any atom is -0.393 e. The molecule has 0 radical (unpaired) electrons. The first-order valence-electron chi connectivity index (χ1n) is 4.84. The molecule has 0 saturated carbocycles. The fourth-order valence-corrected chi connectivity index (χ4v) is 1.84. The van der Waals surface area contributed by atoms with E-state index in [1.54, 1.807) is 0 Å². The fourth-order valence-electron chi connectivity index (χ4n) is 1.84. The van der Waals surface area contributed by atoms with Crippen molar-refractivity contribution in [2.24, 2.45) is 11.7 Å². The summed E-state index contributed by atoms with van der Waals surface area (Å²) in [6, 6.07) is 0. The molecular weight excluding hydrogens is 152 g/mol. The lowest BCUT2D eigenvalue weighted by Gasteiger charge is -2.32. The highest BCUT2D eigenvalue weighted by Crippen LogP contribution is 2.19. The zero-order chi connectivity index (χ0) is 8.97. The standard InChI is InChI=1S/C9H20N2O/c1-8(12)9-2-5-11(6-3-9)7-4-10/h8-9,12H,2-7,10H2,1H3/t8-/m0/s1. The molecule has 1 rings (SSSR count). The normalized spacial score (nSPS) is 24.2. The molecule has 1 aliphatic heterocycles. The maximum Gasteiger partial charge on any atom is 0.0541 e. The second-order valence-corrected chi connectivity index (χ2v) is 3.71. The van der Waals surface area contributed by atoms with Gasteiger partial charge in [0, 0.05) is 13.1 Å². The maximum absolute atomic E-state index is 9.35. The van der Waals surface area contributed by atoms with Crippen molar-refractivity contribution >= 4 is 0 Å². The third kappa shape index (κ3) is 2.73. The Morgan fingerprint density at radius 1 is 1.50 bits per heavy atom. The van der Waals surface area contributed by atoms with Crippen LogP contribution >= 0.6 is 0 Å². The molecule has 0 unspecified atom stereocenters. The monoisotopic (exact) mass is 172 g/mol. The van der Waals surface area contributed by atoms with Crippen LogP contribution in [0.25, 0.3) is 0 Å². The lowest BCUT2D eigenvalue weighted by atomic mass is 9.92. The topological polar surface area (TPSA) is 49.5 Å². The SMILES string of the molecule is C[C@H](O)C1CCN(CCN)CC1. The van der Waals surface area contributed by atoms with Gasteiger partial charge < -0.3 is 15.7 Å². The van der Waals surface area contributed by atoms with Crippen molar-refractivity contribution in [3.63, 3.8) is 0 Å². The number of aliphatic hydroxyl groups excluding tert-OH is 1. The van der Waals surface area contributed by atoms with E-state index >= 15 is 0 Å². The number of nitrogens with zero attached hydrogens (tertiary/aromatic N) is 1. The van der Waals surface area contributed by atoms with Gasteiger partial charge in [0.25, 0.3) is 0 Å². The van der Waals surface area contributed by atoms with Gasteiger partial charge in [-0.3, -0.25) is 0 Å². The lowest BCUT2D eigenvalue weighted by Crippen LogP contribution is -2.39. The molecule has 0 amide bonds. The summed E-state index contributed by atoms with van der Waals surface area (Å²) in [5, 5.41) is 9.35. The molecule has 1 fully saturated rings. The first-order valence-corrected chi connectivity index (χ1v) is 4.84. The summed E-state index contributed by atoms with van der Waals surface area (Å²) in [4.78, 5) is 2.37. The Bertz CT molecular complexity index is 120. The number of rotatable bonds is 3. The Labute approximate surface area is 74.5 Å². The van der Waals surface area contributed by atoms with Gasteiger partial charge in [0.2, 0.25) is 0 Å². The van der Waals surface area contributed by atoms with Crippen LogP contribution in [0.4, 0.5) is 0 Å². The van der Waals surface area contributed by atoms with Crippen LogP contribution in [-0.2, 0) is 0 Å². The van der Waals surface area contributed by atoms with Crippen molar-refractivity contribution in [3.05, 3.63) is 0 Å². The van der Waals surface area contributed by atoms with Gasteiger partial charge in [-0.2, -0.15) is 0 Å². The summed E-state index contributed by atoms with van der Waals surface area (Å²) in [5.41, 5.74) is 5.46. The molecule has 3 heteroatoms. The Balaban J connectivity index is 2.20. The quantitative estimate of drug-likeness (QED) is 0.632. The predicted molar refractivity (Wildman–Crippen MR) is 49.9 cm³/mol. The molecule has 0 aromatic heterocycles. The number of hydrogen-bond acceptors (Lipinski definition) is 3. The van der Waals surface area contributed by atoms with Crippen LogP contribution in [0.1, 0.15) is 19.8 Å². The van der Waals surface area contributed by atoms with Crippen molar-refractivity contribution in [2.45, 2.75) is 25.9 Å². The van der Waals surface area contributed by atoms with Gasteiger partial charge in [-0.25, -0.2) is 0 Å². The van der Waals surface area contributed by atoms with Gasteiger partial charge >= 0.3 is 0 Å². The van der Waals surface area contributed by atoms with Crippen molar-refractivity contribution in [1.82, 2.24) is 4.90 Å². The zero-order valence-corrected chi connectivity index (χ0v) is 7.87. The summed E-state index contributed by atoms with van der Waals surface area (Å²) >= 11 is 0. The largest absolute Gasteiger partial charge is 0.393 e. The van der Waals surface area contributed by atoms with Crippen LogP contribution < -0.4 is 5.73 Å². The van der Waals surface area contributed by atoms with Crippen LogP contribution in [0.15, 0.2) is 0 Å². The number of piperidine rings is 1. The fraction of sp³-hybridized carbons (Fsp3) is 1.00. The molecule has 1 aliphatic rings. The molecule has 72 valence electrons. The van der Waals surface area contributed by atoms with Crippen molar-refractivity contribution < 1.29 is 5.11 Å². The van der Waals surface area contributed by atoms with E-state index in [4.69, 9.17) is 5.73 Å². The zero-order valence-electron chi connectivity index (χ0n) is 7.87. The maximum atomic E-state index is 9.35. The van der Waals surface area contributed by atoms with Crippen LogP contribution in [-0.4, -0.2) is 42.3 Å². The van der Waals surface area contributed by atoms with Gasteiger partial charge in [0.05, 0.1) is 6.10 Å². The first-order chi connectivity index (χ1) is 5.74. The molecule has 1 heterocycles. The number of likely N-dealkylation sites (tertiary alicyclic amines) is 1. The highest BCUT2D eigenvalue weighted by Gasteiger charge is 2.21. The molecule has 0 aromatic rings. The Hall–Kier alpha value is -0.120. The van der Waals surface area contributed by atoms with Gasteiger partial charge in [-0.05, 0) is 38.8 Å². The second-order valence-electron chi connectivity index (χ2n) is 3.71. The predicted octanol–water partition coefficient (Wildman–Crippen LogP) is 0.0379. The van der Waals surface area contributed by atoms with Crippen LogP contribution in [0.3, 0.4) is 0 Å². The number of hydrogen-bond donors (Lipinski definition) is 2. The van der Waals surface area contributed by atoms with E-state index < -0.39 is 0 Å². The van der Waals surface area contributed by atoms with E-state index in [0.717, 1.165) is 39.0 Å². The third-order valence-corrected chi connectivity index (χ3v) is 2.76. The van der Waals surface area contributed by atoms with E-state index in [0.29, 0.717) is 5.92 Å².